The van der Waals surface area contributed by atoms with Crippen molar-refractivity contribution in [3.8, 4) is 17.2 Å². The lowest BCUT2D eigenvalue weighted by molar-refractivity contribution is 0.157. The maximum Gasteiger partial charge on any atom is 0.203 e. The van der Waals surface area contributed by atoms with E-state index in [0.29, 0.717) is 19.8 Å². The fourth-order valence-corrected chi connectivity index (χ4v) is 4.08. The van der Waals surface area contributed by atoms with Crippen LogP contribution in [0.25, 0.3) is 10.9 Å². The lowest BCUT2D eigenvalue weighted by atomic mass is 9.99. The molecule has 0 aliphatic carbocycles. The van der Waals surface area contributed by atoms with Crippen molar-refractivity contribution in [1.29, 1.82) is 0 Å². The molecule has 3 aromatic rings. The maximum absolute atomic E-state index is 6.00. The molecular formula is C24H26N2O3. The second-order valence-electron chi connectivity index (χ2n) is 7.58. The molecule has 2 aliphatic rings. The monoisotopic (exact) mass is 390 g/mol. The van der Waals surface area contributed by atoms with E-state index in [1.807, 2.05) is 18.2 Å². The molecule has 0 atom stereocenters. The highest BCUT2D eigenvalue weighted by Gasteiger charge is 2.17. The molecule has 150 valence electrons. The van der Waals surface area contributed by atoms with Gasteiger partial charge in [0.15, 0.2) is 11.5 Å². The van der Waals surface area contributed by atoms with Crippen molar-refractivity contribution < 1.29 is 14.2 Å². The molecule has 0 fully saturated rings. The molecule has 5 nitrogen and oxygen atoms in total. The first kappa shape index (κ1) is 18.1. The summed E-state index contributed by atoms with van der Waals surface area (Å²) in [6.07, 6.45) is 6.67. The zero-order valence-electron chi connectivity index (χ0n) is 16.5. The second-order valence-corrected chi connectivity index (χ2v) is 7.58. The van der Waals surface area contributed by atoms with Crippen LogP contribution in [0.2, 0.25) is 0 Å². The second kappa shape index (κ2) is 8.21. The smallest absolute Gasteiger partial charge is 0.203 e. The van der Waals surface area contributed by atoms with E-state index in [0.717, 1.165) is 49.7 Å². The van der Waals surface area contributed by atoms with E-state index in [9.17, 15) is 0 Å². The Morgan fingerprint density at radius 1 is 1.03 bits per heavy atom. The van der Waals surface area contributed by atoms with Gasteiger partial charge in [-0.3, -0.25) is 4.90 Å². The molecule has 1 N–H and O–H groups in total. The third-order valence-electron chi connectivity index (χ3n) is 5.67. The number of benzene rings is 2. The number of hydrogen-bond donors (Lipinski definition) is 1. The molecule has 0 radical (unpaired) electrons. The first-order valence-corrected chi connectivity index (χ1v) is 10.3. The van der Waals surface area contributed by atoms with Gasteiger partial charge in [-0.25, -0.2) is 0 Å². The number of rotatable bonds is 6. The molecule has 0 spiro atoms. The Bertz CT molecular complexity index is 1020. The number of hydrogen-bond acceptors (Lipinski definition) is 4. The van der Waals surface area contributed by atoms with Crippen LogP contribution in [-0.2, 0) is 6.42 Å². The van der Waals surface area contributed by atoms with Gasteiger partial charge < -0.3 is 19.2 Å². The summed E-state index contributed by atoms with van der Waals surface area (Å²) in [4.78, 5) is 5.81. The van der Waals surface area contributed by atoms with Crippen molar-refractivity contribution in [3.63, 3.8) is 0 Å². The minimum absolute atomic E-state index is 0.573. The molecule has 5 heteroatoms. The highest BCUT2D eigenvalue weighted by Crippen LogP contribution is 2.38. The van der Waals surface area contributed by atoms with E-state index in [2.05, 4.69) is 46.4 Å². The van der Waals surface area contributed by atoms with Gasteiger partial charge in [-0.05, 0) is 36.6 Å². The fraction of sp³-hybridized carbons (Fsp3) is 0.333. The molecule has 2 aliphatic heterocycles. The summed E-state index contributed by atoms with van der Waals surface area (Å²) >= 11 is 0. The number of fused-ring (bicyclic) bond motifs is 2. The summed E-state index contributed by atoms with van der Waals surface area (Å²) in [5, 5.41) is 1.33. The van der Waals surface area contributed by atoms with Crippen molar-refractivity contribution in [2.24, 2.45) is 0 Å². The minimum Gasteiger partial charge on any atom is -0.488 e. The normalized spacial score (nSPS) is 16.6. The van der Waals surface area contributed by atoms with E-state index >= 15 is 0 Å². The van der Waals surface area contributed by atoms with Crippen molar-refractivity contribution in [2.45, 2.75) is 12.8 Å². The fourth-order valence-electron chi connectivity index (χ4n) is 4.08. The first-order valence-electron chi connectivity index (χ1n) is 10.3. The van der Waals surface area contributed by atoms with Gasteiger partial charge in [0.1, 0.15) is 19.8 Å². The Hall–Kier alpha value is -2.92. The number of ether oxygens (including phenoxy) is 3. The highest BCUT2D eigenvalue weighted by molar-refractivity contribution is 5.83. The molecule has 0 unspecified atom stereocenters. The molecule has 0 amide bonds. The first-order chi connectivity index (χ1) is 14.4. The Labute approximate surface area is 170 Å². The van der Waals surface area contributed by atoms with Crippen LogP contribution in [0.3, 0.4) is 0 Å². The standard InChI is InChI=1S/C24H26N2O3/c1-2-5-21-20(4-1)19(17-25-21)16-18-8-10-26(11-9-18)12-13-27-22-6-3-7-23-24(22)29-15-14-28-23/h1-8,17,25H,9-16H2. The Kier molecular flexibility index (Phi) is 5.13. The maximum atomic E-state index is 6.00. The van der Waals surface area contributed by atoms with Crippen LogP contribution in [0.4, 0.5) is 0 Å². The average Bonchev–Trinajstić information content (AvgIpc) is 3.18. The van der Waals surface area contributed by atoms with E-state index in [1.165, 1.54) is 22.0 Å². The summed E-state index contributed by atoms with van der Waals surface area (Å²) in [6, 6.07) is 14.3. The van der Waals surface area contributed by atoms with Gasteiger partial charge >= 0.3 is 0 Å². The molecule has 3 heterocycles. The van der Waals surface area contributed by atoms with Gasteiger partial charge in [0.2, 0.25) is 5.75 Å². The lowest BCUT2D eigenvalue weighted by Crippen LogP contribution is -2.32. The number of aromatic nitrogens is 1. The summed E-state index contributed by atoms with van der Waals surface area (Å²) in [6.45, 7) is 4.77. The van der Waals surface area contributed by atoms with Crippen LogP contribution in [-0.4, -0.2) is 49.3 Å². The molecule has 1 aromatic heterocycles. The van der Waals surface area contributed by atoms with E-state index in [1.54, 1.807) is 0 Å². The molecule has 0 saturated heterocycles. The van der Waals surface area contributed by atoms with Gasteiger partial charge in [0.25, 0.3) is 0 Å². The van der Waals surface area contributed by atoms with Gasteiger partial charge in [-0.2, -0.15) is 0 Å². The zero-order valence-corrected chi connectivity index (χ0v) is 16.5. The van der Waals surface area contributed by atoms with Gasteiger partial charge in [-0.15, -0.1) is 0 Å². The Morgan fingerprint density at radius 3 is 2.90 bits per heavy atom. The predicted octanol–water partition coefficient (Wildman–Crippen LogP) is 4.19. The Morgan fingerprint density at radius 2 is 1.97 bits per heavy atom. The average molecular weight is 390 g/mol. The van der Waals surface area contributed by atoms with Crippen LogP contribution in [0, 0.1) is 0 Å². The van der Waals surface area contributed by atoms with Crippen LogP contribution < -0.4 is 14.2 Å². The van der Waals surface area contributed by atoms with Crippen molar-refractivity contribution in [1.82, 2.24) is 9.88 Å². The van der Waals surface area contributed by atoms with Gasteiger partial charge in [0, 0.05) is 36.7 Å². The van der Waals surface area contributed by atoms with Crippen molar-refractivity contribution in [3.05, 3.63) is 65.9 Å². The van der Waals surface area contributed by atoms with Crippen LogP contribution >= 0.6 is 0 Å². The van der Waals surface area contributed by atoms with Gasteiger partial charge in [0.05, 0.1) is 0 Å². The summed E-state index contributed by atoms with van der Waals surface area (Å²) in [7, 11) is 0. The van der Waals surface area contributed by atoms with Crippen LogP contribution in [0.1, 0.15) is 12.0 Å². The Balaban J connectivity index is 1.14. The molecule has 2 aromatic carbocycles. The number of nitrogens with one attached hydrogen (secondary N) is 1. The topological polar surface area (TPSA) is 46.7 Å². The summed E-state index contributed by atoms with van der Waals surface area (Å²) < 4.78 is 17.3. The number of aromatic amines is 1. The quantitative estimate of drug-likeness (QED) is 0.641. The van der Waals surface area contributed by atoms with E-state index < -0.39 is 0 Å². The molecule has 29 heavy (non-hydrogen) atoms. The van der Waals surface area contributed by atoms with Crippen LogP contribution in [0.5, 0.6) is 17.2 Å². The van der Waals surface area contributed by atoms with Crippen LogP contribution in [0.15, 0.2) is 60.3 Å². The van der Waals surface area contributed by atoms with Crippen molar-refractivity contribution >= 4 is 10.9 Å². The summed E-state index contributed by atoms with van der Waals surface area (Å²) in [5.74, 6) is 2.28. The highest BCUT2D eigenvalue weighted by atomic mass is 16.6. The lowest BCUT2D eigenvalue weighted by Gasteiger charge is -2.27. The zero-order chi connectivity index (χ0) is 19.5. The third kappa shape index (κ3) is 3.96. The predicted molar refractivity (Wildman–Crippen MR) is 114 cm³/mol. The summed E-state index contributed by atoms with van der Waals surface area (Å²) in [5.41, 5.74) is 4.13. The SMILES string of the molecule is C1=C(Cc2c[nH]c3ccccc23)CCN(CCOc2cccc3c2OCCO3)C1. The number of H-pyrrole nitrogens is 1. The van der Waals surface area contributed by atoms with Crippen molar-refractivity contribution in [2.75, 3.05) is 39.5 Å². The molecule has 0 saturated carbocycles. The minimum atomic E-state index is 0.573. The molecule has 5 rings (SSSR count). The molecule has 0 bridgehead atoms. The largest absolute Gasteiger partial charge is 0.488 e. The third-order valence-corrected chi connectivity index (χ3v) is 5.67. The van der Waals surface area contributed by atoms with E-state index in [4.69, 9.17) is 14.2 Å². The molecular weight excluding hydrogens is 364 g/mol. The van der Waals surface area contributed by atoms with Gasteiger partial charge in [-0.1, -0.05) is 35.9 Å². The number of nitrogens with zero attached hydrogens (tertiary/aromatic N) is 1. The number of para-hydroxylation sites is 2. The van der Waals surface area contributed by atoms with E-state index in [-0.39, 0.29) is 0 Å².